The number of aliphatic hydroxyl groups is 1. The van der Waals surface area contributed by atoms with Crippen molar-refractivity contribution in [3.63, 3.8) is 0 Å². The number of aliphatic hydroxyl groups excluding tert-OH is 1. The summed E-state index contributed by atoms with van der Waals surface area (Å²) in [6.07, 6.45) is 2.28. The van der Waals surface area contributed by atoms with Crippen LogP contribution in [0.25, 0.3) is 0 Å². The second kappa shape index (κ2) is 5.18. The summed E-state index contributed by atoms with van der Waals surface area (Å²) < 4.78 is 0. The van der Waals surface area contributed by atoms with Gasteiger partial charge in [0.25, 0.3) is 5.91 Å². The van der Waals surface area contributed by atoms with Crippen molar-refractivity contribution >= 4 is 11.7 Å². The third kappa shape index (κ3) is 2.67. The molecule has 2 rings (SSSR count). The van der Waals surface area contributed by atoms with Crippen LogP contribution >= 0.6 is 0 Å². The molecule has 1 amide bonds. The molecule has 2 unspecified atom stereocenters. The van der Waals surface area contributed by atoms with Gasteiger partial charge in [-0.25, -0.2) is 4.98 Å². The van der Waals surface area contributed by atoms with E-state index in [9.17, 15) is 20.0 Å². The standard InChI is InChI=1S/C11H15N3O4/c15-9-3-1-2-7(9)6-12-11(16)8-4-5-10(13-8)14(17)18/h4-5,7,9,13,15H,1-3,6H2,(H,12,16). The first-order valence-electron chi connectivity index (χ1n) is 5.87. The van der Waals surface area contributed by atoms with E-state index in [4.69, 9.17) is 0 Å². The lowest BCUT2D eigenvalue weighted by molar-refractivity contribution is -0.389. The van der Waals surface area contributed by atoms with Gasteiger partial charge in [0, 0.05) is 18.5 Å². The number of carbonyl (C=O) groups is 1. The molecule has 7 heteroatoms. The van der Waals surface area contributed by atoms with Crippen LogP contribution in [0.3, 0.4) is 0 Å². The molecule has 3 N–H and O–H groups in total. The largest absolute Gasteiger partial charge is 0.393 e. The predicted octanol–water partition coefficient (Wildman–Crippen LogP) is 0.814. The van der Waals surface area contributed by atoms with E-state index in [1.807, 2.05) is 0 Å². The fraction of sp³-hybridized carbons (Fsp3) is 0.545. The van der Waals surface area contributed by atoms with Gasteiger partial charge in [0.1, 0.15) is 0 Å². The number of hydrogen-bond acceptors (Lipinski definition) is 4. The Bertz CT molecular complexity index is 457. The fourth-order valence-corrected chi connectivity index (χ4v) is 2.20. The SMILES string of the molecule is O=C(NCC1CCCC1O)c1ccc([N+](=O)[O-])[nH]1. The Kier molecular flexibility index (Phi) is 3.61. The topological polar surface area (TPSA) is 108 Å². The van der Waals surface area contributed by atoms with Gasteiger partial charge in [-0.1, -0.05) is 6.42 Å². The van der Waals surface area contributed by atoms with E-state index in [2.05, 4.69) is 10.3 Å². The molecule has 0 radical (unpaired) electrons. The van der Waals surface area contributed by atoms with E-state index < -0.39 is 4.92 Å². The van der Waals surface area contributed by atoms with Crippen LogP contribution in [0.15, 0.2) is 12.1 Å². The molecule has 1 aliphatic rings. The molecule has 0 saturated heterocycles. The van der Waals surface area contributed by atoms with Crippen LogP contribution in [-0.4, -0.2) is 33.6 Å². The first-order chi connectivity index (χ1) is 8.58. The van der Waals surface area contributed by atoms with Crippen molar-refractivity contribution in [2.24, 2.45) is 5.92 Å². The molecule has 7 nitrogen and oxygen atoms in total. The number of aromatic amines is 1. The third-order valence-corrected chi connectivity index (χ3v) is 3.26. The van der Waals surface area contributed by atoms with Crippen LogP contribution in [-0.2, 0) is 0 Å². The third-order valence-electron chi connectivity index (χ3n) is 3.26. The first-order valence-corrected chi connectivity index (χ1v) is 5.87. The summed E-state index contributed by atoms with van der Waals surface area (Å²) in [7, 11) is 0. The minimum absolute atomic E-state index is 0.0823. The van der Waals surface area contributed by atoms with Gasteiger partial charge in [0.15, 0.2) is 5.69 Å². The van der Waals surface area contributed by atoms with Crippen LogP contribution in [0, 0.1) is 16.0 Å². The van der Waals surface area contributed by atoms with Gasteiger partial charge in [0.2, 0.25) is 0 Å². The molecule has 18 heavy (non-hydrogen) atoms. The summed E-state index contributed by atoms with van der Waals surface area (Å²) >= 11 is 0. The molecule has 1 aromatic heterocycles. The lowest BCUT2D eigenvalue weighted by Gasteiger charge is -2.14. The molecular weight excluding hydrogens is 238 g/mol. The maximum atomic E-state index is 11.7. The molecule has 0 aliphatic heterocycles. The van der Waals surface area contributed by atoms with Gasteiger partial charge in [-0.2, -0.15) is 0 Å². The molecule has 1 fully saturated rings. The van der Waals surface area contributed by atoms with E-state index in [1.54, 1.807) is 0 Å². The minimum Gasteiger partial charge on any atom is -0.393 e. The van der Waals surface area contributed by atoms with E-state index in [0.717, 1.165) is 19.3 Å². The zero-order valence-corrected chi connectivity index (χ0v) is 9.76. The zero-order chi connectivity index (χ0) is 13.1. The number of rotatable bonds is 4. The number of H-pyrrole nitrogens is 1. The van der Waals surface area contributed by atoms with Crippen molar-refractivity contribution in [1.82, 2.24) is 10.3 Å². The molecule has 0 aromatic carbocycles. The monoisotopic (exact) mass is 253 g/mol. The number of hydrogen-bond donors (Lipinski definition) is 3. The van der Waals surface area contributed by atoms with Crippen LogP contribution < -0.4 is 5.32 Å². The normalized spacial score (nSPS) is 22.9. The molecule has 1 heterocycles. The Labute approximate surface area is 103 Å². The van der Waals surface area contributed by atoms with E-state index in [0.29, 0.717) is 6.54 Å². The lowest BCUT2D eigenvalue weighted by atomic mass is 10.1. The van der Waals surface area contributed by atoms with Gasteiger partial charge in [-0.05, 0) is 23.8 Å². The molecule has 98 valence electrons. The number of aromatic nitrogens is 1. The Morgan fingerprint density at radius 1 is 1.56 bits per heavy atom. The highest BCUT2D eigenvalue weighted by molar-refractivity contribution is 5.92. The van der Waals surface area contributed by atoms with Crippen molar-refractivity contribution in [2.75, 3.05) is 6.54 Å². The first kappa shape index (κ1) is 12.6. The Hall–Kier alpha value is -1.89. The van der Waals surface area contributed by atoms with Crippen LogP contribution in [0.5, 0.6) is 0 Å². The minimum atomic E-state index is -0.586. The van der Waals surface area contributed by atoms with Crippen LogP contribution in [0.2, 0.25) is 0 Å². The Balaban J connectivity index is 1.89. The van der Waals surface area contributed by atoms with Gasteiger partial charge in [0.05, 0.1) is 6.10 Å². The molecule has 1 saturated carbocycles. The summed E-state index contributed by atoms with van der Waals surface area (Å²) in [5.41, 5.74) is 0.161. The summed E-state index contributed by atoms with van der Waals surface area (Å²) in [5.74, 6) is -0.512. The van der Waals surface area contributed by atoms with Crippen molar-refractivity contribution in [3.05, 3.63) is 27.9 Å². The van der Waals surface area contributed by atoms with Crippen molar-refractivity contribution in [1.29, 1.82) is 0 Å². The van der Waals surface area contributed by atoms with E-state index in [-0.39, 0.29) is 29.4 Å². The predicted molar refractivity (Wildman–Crippen MR) is 63.1 cm³/mol. The van der Waals surface area contributed by atoms with Crippen molar-refractivity contribution in [2.45, 2.75) is 25.4 Å². The van der Waals surface area contributed by atoms with Gasteiger partial charge >= 0.3 is 5.82 Å². The average molecular weight is 253 g/mol. The Morgan fingerprint density at radius 2 is 2.33 bits per heavy atom. The quantitative estimate of drug-likeness (QED) is 0.545. The number of nitro groups is 1. The van der Waals surface area contributed by atoms with E-state index >= 15 is 0 Å². The molecule has 0 spiro atoms. The number of carbonyl (C=O) groups excluding carboxylic acids is 1. The highest BCUT2D eigenvalue weighted by Gasteiger charge is 2.26. The summed E-state index contributed by atoms with van der Waals surface area (Å²) in [5, 5.41) is 22.7. The Morgan fingerprint density at radius 3 is 2.89 bits per heavy atom. The van der Waals surface area contributed by atoms with Crippen molar-refractivity contribution < 1.29 is 14.8 Å². The van der Waals surface area contributed by atoms with Crippen LogP contribution in [0.4, 0.5) is 5.82 Å². The van der Waals surface area contributed by atoms with Crippen molar-refractivity contribution in [3.8, 4) is 0 Å². The molecular formula is C11H15N3O4. The highest BCUT2D eigenvalue weighted by atomic mass is 16.6. The average Bonchev–Trinajstić information content (AvgIpc) is 2.94. The molecule has 2 atom stereocenters. The fourth-order valence-electron chi connectivity index (χ4n) is 2.20. The summed E-state index contributed by atoms with van der Waals surface area (Å²) in [4.78, 5) is 24.0. The summed E-state index contributed by atoms with van der Waals surface area (Å²) in [6, 6.07) is 2.62. The maximum absolute atomic E-state index is 11.7. The molecule has 0 bridgehead atoms. The second-order valence-corrected chi connectivity index (χ2v) is 4.48. The van der Waals surface area contributed by atoms with Crippen LogP contribution in [0.1, 0.15) is 29.8 Å². The summed E-state index contributed by atoms with van der Waals surface area (Å²) in [6.45, 7) is 0.396. The molecule has 1 aromatic rings. The second-order valence-electron chi connectivity index (χ2n) is 4.48. The lowest BCUT2D eigenvalue weighted by Crippen LogP contribution is -2.32. The number of amides is 1. The van der Waals surface area contributed by atoms with Gasteiger partial charge < -0.3 is 20.5 Å². The van der Waals surface area contributed by atoms with E-state index in [1.165, 1.54) is 12.1 Å². The number of nitrogens with one attached hydrogen (secondary N) is 2. The highest BCUT2D eigenvalue weighted by Crippen LogP contribution is 2.24. The number of nitrogens with zero attached hydrogens (tertiary/aromatic N) is 1. The maximum Gasteiger partial charge on any atom is 0.321 e. The van der Waals surface area contributed by atoms with Gasteiger partial charge in [-0.3, -0.25) is 4.79 Å². The van der Waals surface area contributed by atoms with Gasteiger partial charge in [-0.15, -0.1) is 0 Å². The zero-order valence-electron chi connectivity index (χ0n) is 9.76. The smallest absolute Gasteiger partial charge is 0.321 e. The molecule has 1 aliphatic carbocycles.